The van der Waals surface area contributed by atoms with Gasteiger partial charge in [-0.15, -0.1) is 11.8 Å². The number of pyridine rings is 1. The molecule has 174 valence electrons. The van der Waals surface area contributed by atoms with Crippen LogP contribution in [0.4, 0.5) is 5.82 Å². The van der Waals surface area contributed by atoms with Crippen molar-refractivity contribution in [1.29, 1.82) is 0 Å². The zero-order valence-corrected chi connectivity index (χ0v) is 22.2. The van der Waals surface area contributed by atoms with Crippen molar-refractivity contribution in [2.45, 2.75) is 24.9 Å². The molecule has 2 heterocycles. The fraction of sp³-hybridized carbons (Fsp3) is 0.370. The van der Waals surface area contributed by atoms with Crippen LogP contribution in [0, 0.1) is 0 Å². The summed E-state index contributed by atoms with van der Waals surface area (Å²) in [6, 6.07) is 16.9. The highest BCUT2D eigenvalue weighted by molar-refractivity contribution is 9.10. The molecule has 0 aliphatic carbocycles. The smallest absolute Gasteiger partial charge is 0.132 e. The lowest BCUT2D eigenvalue weighted by atomic mass is 9.87. The van der Waals surface area contributed by atoms with E-state index in [0.717, 1.165) is 56.8 Å². The van der Waals surface area contributed by atoms with Crippen LogP contribution >= 0.6 is 27.7 Å². The van der Waals surface area contributed by atoms with E-state index in [0.29, 0.717) is 6.42 Å². The topological polar surface area (TPSA) is 39.6 Å². The summed E-state index contributed by atoms with van der Waals surface area (Å²) in [5, 5.41) is 13.2. The standard InChI is InChI=1S/C27H32BrN3OS/c1-30(2)13-12-27(32,24-11-8-14-33-24)23-18-22(28)17-20-16-21(15-19-9-6-5-7-10-19)26(31(3)4)29-25(20)23/h5-7,9-11,16-18,32H,8,12-15H2,1-4H3. The minimum Gasteiger partial charge on any atom is -0.380 e. The number of aromatic nitrogens is 1. The van der Waals surface area contributed by atoms with Gasteiger partial charge in [0, 0.05) is 53.1 Å². The highest BCUT2D eigenvalue weighted by atomic mass is 79.9. The molecule has 1 aliphatic rings. The molecule has 1 N–H and O–H groups in total. The first-order chi connectivity index (χ1) is 15.8. The molecule has 0 spiro atoms. The summed E-state index contributed by atoms with van der Waals surface area (Å²) in [6.45, 7) is 0.787. The summed E-state index contributed by atoms with van der Waals surface area (Å²) in [6.07, 6.45) is 4.62. The number of fused-ring (bicyclic) bond motifs is 1. The zero-order valence-electron chi connectivity index (χ0n) is 19.8. The molecule has 0 saturated heterocycles. The van der Waals surface area contributed by atoms with Gasteiger partial charge in [-0.05, 0) is 56.3 Å². The molecule has 6 heteroatoms. The van der Waals surface area contributed by atoms with Crippen molar-refractivity contribution < 1.29 is 5.11 Å². The highest BCUT2D eigenvalue weighted by Gasteiger charge is 2.37. The monoisotopic (exact) mass is 525 g/mol. The van der Waals surface area contributed by atoms with Gasteiger partial charge < -0.3 is 14.9 Å². The van der Waals surface area contributed by atoms with Crippen molar-refractivity contribution >= 4 is 44.4 Å². The third-order valence-corrected chi connectivity index (χ3v) is 7.79. The highest BCUT2D eigenvalue weighted by Crippen LogP contribution is 2.46. The van der Waals surface area contributed by atoms with E-state index in [2.05, 4.69) is 74.3 Å². The number of aliphatic hydroxyl groups is 1. The lowest BCUT2D eigenvalue weighted by Crippen LogP contribution is -2.32. The summed E-state index contributed by atoms with van der Waals surface area (Å²) in [4.78, 5) is 10.4. The molecule has 1 atom stereocenters. The fourth-order valence-electron chi connectivity index (χ4n) is 4.42. The van der Waals surface area contributed by atoms with Crippen LogP contribution in [0.1, 0.15) is 29.5 Å². The van der Waals surface area contributed by atoms with Gasteiger partial charge in [-0.25, -0.2) is 4.98 Å². The Labute approximate surface area is 209 Å². The molecule has 4 nitrogen and oxygen atoms in total. The SMILES string of the molecule is CN(C)CCC(O)(C1=CCCS1)c1cc(Br)cc2cc(Cc3ccccc3)c(N(C)C)nc12. The van der Waals surface area contributed by atoms with E-state index in [-0.39, 0.29) is 0 Å². The number of rotatable bonds is 8. The lowest BCUT2D eigenvalue weighted by Gasteiger charge is -2.32. The molecule has 1 aromatic heterocycles. The first-order valence-electron chi connectivity index (χ1n) is 11.3. The van der Waals surface area contributed by atoms with Crippen molar-refractivity contribution in [2.75, 3.05) is 45.4 Å². The molecular formula is C27H32BrN3OS. The number of halogens is 1. The molecule has 33 heavy (non-hydrogen) atoms. The van der Waals surface area contributed by atoms with Gasteiger partial charge in [-0.2, -0.15) is 0 Å². The van der Waals surface area contributed by atoms with Gasteiger partial charge in [0.05, 0.1) is 5.52 Å². The Bertz CT molecular complexity index is 1160. The second-order valence-electron chi connectivity index (χ2n) is 9.17. The van der Waals surface area contributed by atoms with Gasteiger partial charge in [0.15, 0.2) is 0 Å². The molecule has 0 bridgehead atoms. The minimum absolute atomic E-state index is 0.620. The van der Waals surface area contributed by atoms with E-state index in [4.69, 9.17) is 4.98 Å². The van der Waals surface area contributed by atoms with Crippen molar-refractivity contribution in [1.82, 2.24) is 9.88 Å². The van der Waals surface area contributed by atoms with Crippen LogP contribution in [0.2, 0.25) is 0 Å². The molecule has 1 aliphatic heterocycles. The first kappa shape index (κ1) is 24.3. The summed E-state index contributed by atoms with van der Waals surface area (Å²) in [7, 11) is 8.17. The molecule has 1 unspecified atom stereocenters. The average Bonchev–Trinajstić information content (AvgIpc) is 3.32. The number of hydrogen-bond donors (Lipinski definition) is 1. The van der Waals surface area contributed by atoms with Crippen molar-refractivity contribution in [3.63, 3.8) is 0 Å². The molecular weight excluding hydrogens is 494 g/mol. The van der Waals surface area contributed by atoms with Gasteiger partial charge in [-0.1, -0.05) is 52.3 Å². The maximum atomic E-state index is 12.2. The summed E-state index contributed by atoms with van der Waals surface area (Å²) in [5.74, 6) is 1.96. The van der Waals surface area contributed by atoms with Crippen molar-refractivity contribution in [3.8, 4) is 0 Å². The third kappa shape index (κ3) is 5.29. The van der Waals surface area contributed by atoms with Crippen LogP contribution in [0.25, 0.3) is 10.9 Å². The minimum atomic E-state index is -1.06. The zero-order chi connectivity index (χ0) is 23.6. The van der Waals surface area contributed by atoms with Crippen LogP contribution in [0.5, 0.6) is 0 Å². The van der Waals surface area contributed by atoms with Crippen LogP contribution in [0.3, 0.4) is 0 Å². The molecule has 4 rings (SSSR count). The fourth-order valence-corrected chi connectivity index (χ4v) is 6.03. The lowest BCUT2D eigenvalue weighted by molar-refractivity contribution is 0.0685. The molecule has 0 saturated carbocycles. The van der Waals surface area contributed by atoms with Crippen LogP contribution in [-0.4, -0.2) is 55.5 Å². The Morgan fingerprint density at radius 2 is 1.85 bits per heavy atom. The van der Waals surface area contributed by atoms with Gasteiger partial charge >= 0.3 is 0 Å². The second-order valence-corrected chi connectivity index (χ2v) is 11.2. The van der Waals surface area contributed by atoms with Gasteiger partial charge in [0.25, 0.3) is 0 Å². The van der Waals surface area contributed by atoms with E-state index >= 15 is 0 Å². The number of thioether (sulfide) groups is 1. The predicted octanol–water partition coefficient (Wildman–Crippen LogP) is 5.81. The Balaban J connectivity index is 1.90. The van der Waals surface area contributed by atoms with Crippen molar-refractivity contribution in [2.24, 2.45) is 0 Å². The van der Waals surface area contributed by atoms with Crippen molar-refractivity contribution in [3.05, 3.63) is 80.7 Å². The second kappa shape index (κ2) is 10.2. The Kier molecular flexibility index (Phi) is 7.49. The van der Waals surface area contributed by atoms with Crippen LogP contribution < -0.4 is 4.90 Å². The number of nitrogens with zero attached hydrogens (tertiary/aromatic N) is 3. The number of anilines is 1. The third-order valence-electron chi connectivity index (χ3n) is 6.08. The maximum absolute atomic E-state index is 12.2. The Morgan fingerprint density at radius 1 is 1.09 bits per heavy atom. The molecule has 0 amide bonds. The van der Waals surface area contributed by atoms with Crippen LogP contribution in [-0.2, 0) is 12.0 Å². The Morgan fingerprint density at radius 3 is 2.48 bits per heavy atom. The van der Waals surface area contributed by atoms with Crippen LogP contribution in [0.15, 0.2) is 64.0 Å². The van der Waals surface area contributed by atoms with Gasteiger partial charge in [-0.3, -0.25) is 0 Å². The van der Waals surface area contributed by atoms with E-state index in [1.807, 2.05) is 34.3 Å². The molecule has 3 aromatic rings. The summed E-state index contributed by atoms with van der Waals surface area (Å²) in [5.41, 5.74) is 3.11. The van der Waals surface area contributed by atoms with Gasteiger partial charge in [0.2, 0.25) is 0 Å². The molecule has 0 fully saturated rings. The van der Waals surface area contributed by atoms with E-state index in [1.54, 1.807) is 11.8 Å². The predicted molar refractivity (Wildman–Crippen MR) is 145 cm³/mol. The largest absolute Gasteiger partial charge is 0.380 e. The van der Waals surface area contributed by atoms with E-state index in [1.165, 1.54) is 11.1 Å². The average molecular weight is 527 g/mol. The summed E-state index contributed by atoms with van der Waals surface area (Å²) >= 11 is 5.48. The molecule has 0 radical (unpaired) electrons. The normalized spacial score (nSPS) is 15.7. The van der Waals surface area contributed by atoms with Gasteiger partial charge in [0.1, 0.15) is 11.4 Å². The maximum Gasteiger partial charge on any atom is 0.132 e. The number of hydrogen-bond acceptors (Lipinski definition) is 5. The van der Waals surface area contributed by atoms with E-state index < -0.39 is 5.60 Å². The number of benzene rings is 2. The quantitative estimate of drug-likeness (QED) is 0.401. The van der Waals surface area contributed by atoms with E-state index in [9.17, 15) is 5.11 Å². The Hall–Kier alpha value is -1.86. The molecule has 2 aromatic carbocycles. The first-order valence-corrected chi connectivity index (χ1v) is 13.1. The number of allylic oxidation sites excluding steroid dienone is 1. The summed E-state index contributed by atoms with van der Waals surface area (Å²) < 4.78 is 0.960.